The van der Waals surface area contributed by atoms with Gasteiger partial charge in [-0.1, -0.05) is 52.9 Å². The maximum absolute atomic E-state index is 2.50. The molecule has 0 N–H and O–H groups in total. The Morgan fingerprint density at radius 3 is 2.44 bits per heavy atom. The second-order valence-electron chi connectivity index (χ2n) is 6.96. The summed E-state index contributed by atoms with van der Waals surface area (Å²) in [6, 6.07) is 0. The van der Waals surface area contributed by atoms with Gasteiger partial charge in [0.15, 0.2) is 0 Å². The normalized spacial score (nSPS) is 36.6. The van der Waals surface area contributed by atoms with Crippen molar-refractivity contribution in [3.63, 3.8) is 0 Å². The van der Waals surface area contributed by atoms with E-state index in [1.165, 1.54) is 57.8 Å². The molecular weight excluding hydrogens is 192 g/mol. The molecule has 2 aliphatic carbocycles. The van der Waals surface area contributed by atoms with Crippen molar-refractivity contribution in [2.24, 2.45) is 23.2 Å². The van der Waals surface area contributed by atoms with E-state index < -0.39 is 0 Å². The van der Waals surface area contributed by atoms with Crippen molar-refractivity contribution in [3.8, 4) is 0 Å². The average molecular weight is 222 g/mol. The third kappa shape index (κ3) is 2.63. The van der Waals surface area contributed by atoms with Crippen LogP contribution in [0.25, 0.3) is 0 Å². The number of unbranched alkanes of at least 4 members (excludes halogenated alkanes) is 1. The monoisotopic (exact) mass is 222 g/mol. The van der Waals surface area contributed by atoms with Gasteiger partial charge in [0.05, 0.1) is 0 Å². The van der Waals surface area contributed by atoms with Crippen LogP contribution >= 0.6 is 0 Å². The third-order valence-electron chi connectivity index (χ3n) is 5.65. The Balaban J connectivity index is 1.55. The van der Waals surface area contributed by atoms with Gasteiger partial charge in [-0.25, -0.2) is 0 Å². The van der Waals surface area contributed by atoms with Crippen molar-refractivity contribution in [2.75, 3.05) is 0 Å². The summed E-state index contributed by atoms with van der Waals surface area (Å²) >= 11 is 0. The van der Waals surface area contributed by atoms with E-state index in [4.69, 9.17) is 0 Å². The van der Waals surface area contributed by atoms with E-state index in [9.17, 15) is 0 Å². The Morgan fingerprint density at radius 2 is 1.94 bits per heavy atom. The molecule has 0 bridgehead atoms. The maximum Gasteiger partial charge on any atom is -0.0326 e. The zero-order chi connectivity index (χ0) is 11.6. The van der Waals surface area contributed by atoms with Gasteiger partial charge >= 0.3 is 0 Å². The molecule has 2 fully saturated rings. The molecule has 0 aliphatic heterocycles. The van der Waals surface area contributed by atoms with Gasteiger partial charge in [-0.2, -0.15) is 0 Å². The van der Waals surface area contributed by atoms with Gasteiger partial charge in [0.1, 0.15) is 0 Å². The molecule has 0 amide bonds. The molecule has 3 unspecified atom stereocenters. The fourth-order valence-electron chi connectivity index (χ4n) is 4.15. The molecule has 2 aliphatic rings. The lowest BCUT2D eigenvalue weighted by Gasteiger charge is -2.43. The van der Waals surface area contributed by atoms with Gasteiger partial charge in [-0.05, 0) is 48.9 Å². The van der Waals surface area contributed by atoms with E-state index in [1.54, 1.807) is 0 Å². The van der Waals surface area contributed by atoms with E-state index in [1.807, 2.05) is 0 Å². The van der Waals surface area contributed by atoms with Crippen LogP contribution in [0, 0.1) is 23.2 Å². The molecule has 0 aromatic heterocycles. The predicted octanol–water partition coefficient (Wildman–Crippen LogP) is 5.42. The van der Waals surface area contributed by atoms with E-state index >= 15 is 0 Å². The zero-order valence-corrected chi connectivity index (χ0v) is 11.6. The number of hydrogen-bond acceptors (Lipinski definition) is 0. The fraction of sp³-hybridized carbons (Fsp3) is 1.00. The van der Waals surface area contributed by atoms with E-state index in [0.29, 0.717) is 0 Å². The molecule has 16 heavy (non-hydrogen) atoms. The SMILES string of the molecule is CCC1C(C)CC1CCCCC1(C)CCC1. The summed E-state index contributed by atoms with van der Waals surface area (Å²) in [5.41, 5.74) is 0.761. The van der Waals surface area contributed by atoms with E-state index in [-0.39, 0.29) is 0 Å². The van der Waals surface area contributed by atoms with Crippen molar-refractivity contribution < 1.29 is 0 Å². The molecular formula is C16H30. The van der Waals surface area contributed by atoms with Crippen molar-refractivity contribution in [3.05, 3.63) is 0 Å². The van der Waals surface area contributed by atoms with Crippen molar-refractivity contribution in [1.82, 2.24) is 0 Å². The molecule has 3 atom stereocenters. The van der Waals surface area contributed by atoms with Crippen LogP contribution in [0.3, 0.4) is 0 Å². The Hall–Kier alpha value is 0. The highest BCUT2D eigenvalue weighted by atomic mass is 14.4. The Morgan fingerprint density at radius 1 is 1.19 bits per heavy atom. The van der Waals surface area contributed by atoms with Crippen LogP contribution in [0.5, 0.6) is 0 Å². The number of hydrogen-bond donors (Lipinski definition) is 0. The lowest BCUT2D eigenvalue weighted by atomic mass is 9.62. The molecule has 0 heteroatoms. The lowest BCUT2D eigenvalue weighted by Crippen LogP contribution is -2.34. The zero-order valence-electron chi connectivity index (χ0n) is 11.6. The summed E-state index contributed by atoms with van der Waals surface area (Å²) in [5.74, 6) is 3.19. The summed E-state index contributed by atoms with van der Waals surface area (Å²) in [5, 5.41) is 0. The first-order valence-corrected chi connectivity index (χ1v) is 7.64. The van der Waals surface area contributed by atoms with E-state index in [0.717, 1.165) is 23.2 Å². The van der Waals surface area contributed by atoms with Gasteiger partial charge in [0, 0.05) is 0 Å². The molecule has 0 aromatic rings. The highest BCUT2D eigenvalue weighted by molar-refractivity contribution is 4.86. The first-order valence-electron chi connectivity index (χ1n) is 7.64. The first-order chi connectivity index (χ1) is 7.64. The third-order valence-corrected chi connectivity index (χ3v) is 5.65. The lowest BCUT2D eigenvalue weighted by molar-refractivity contribution is 0.0691. The Labute approximate surface area is 102 Å². The van der Waals surface area contributed by atoms with Gasteiger partial charge in [-0.15, -0.1) is 0 Å². The molecule has 0 aromatic carbocycles. The summed E-state index contributed by atoms with van der Waals surface area (Å²) in [6.45, 7) is 7.32. The highest BCUT2D eigenvalue weighted by Crippen LogP contribution is 2.47. The van der Waals surface area contributed by atoms with Crippen LogP contribution in [0.1, 0.15) is 78.6 Å². The second-order valence-corrected chi connectivity index (χ2v) is 6.96. The minimum atomic E-state index is 0.761. The minimum absolute atomic E-state index is 0.761. The van der Waals surface area contributed by atoms with Gasteiger partial charge in [0.25, 0.3) is 0 Å². The van der Waals surface area contributed by atoms with Crippen LogP contribution < -0.4 is 0 Å². The summed E-state index contributed by atoms with van der Waals surface area (Å²) in [7, 11) is 0. The van der Waals surface area contributed by atoms with Crippen LogP contribution in [0.2, 0.25) is 0 Å². The van der Waals surface area contributed by atoms with E-state index in [2.05, 4.69) is 20.8 Å². The molecule has 2 rings (SSSR count). The first kappa shape index (κ1) is 12.5. The van der Waals surface area contributed by atoms with Gasteiger partial charge in [0.2, 0.25) is 0 Å². The summed E-state index contributed by atoms with van der Waals surface area (Å²) in [6.07, 6.45) is 13.5. The summed E-state index contributed by atoms with van der Waals surface area (Å²) < 4.78 is 0. The van der Waals surface area contributed by atoms with Crippen LogP contribution in [0.4, 0.5) is 0 Å². The molecule has 94 valence electrons. The van der Waals surface area contributed by atoms with Crippen molar-refractivity contribution >= 4 is 0 Å². The molecule has 0 spiro atoms. The molecule has 0 nitrogen and oxygen atoms in total. The molecule has 0 saturated heterocycles. The molecule has 2 saturated carbocycles. The topological polar surface area (TPSA) is 0 Å². The fourth-order valence-corrected chi connectivity index (χ4v) is 4.15. The predicted molar refractivity (Wildman–Crippen MR) is 71.5 cm³/mol. The summed E-state index contributed by atoms with van der Waals surface area (Å²) in [4.78, 5) is 0. The average Bonchev–Trinajstić information content (AvgIpc) is 2.20. The maximum atomic E-state index is 2.50. The number of rotatable bonds is 6. The molecule has 0 radical (unpaired) electrons. The highest BCUT2D eigenvalue weighted by Gasteiger charge is 2.36. The van der Waals surface area contributed by atoms with Crippen molar-refractivity contribution in [2.45, 2.75) is 78.6 Å². The van der Waals surface area contributed by atoms with Crippen LogP contribution in [0.15, 0.2) is 0 Å². The van der Waals surface area contributed by atoms with Crippen LogP contribution in [-0.2, 0) is 0 Å². The van der Waals surface area contributed by atoms with Gasteiger partial charge in [-0.3, -0.25) is 0 Å². The smallest absolute Gasteiger partial charge is 0.0326 e. The van der Waals surface area contributed by atoms with Gasteiger partial charge < -0.3 is 0 Å². The van der Waals surface area contributed by atoms with Crippen molar-refractivity contribution in [1.29, 1.82) is 0 Å². The van der Waals surface area contributed by atoms with Crippen LogP contribution in [-0.4, -0.2) is 0 Å². The Kier molecular flexibility index (Phi) is 3.97. The Bertz CT molecular complexity index is 214. The standard InChI is InChI=1S/C16H30/c1-4-15-13(2)12-14(15)8-5-6-9-16(3)10-7-11-16/h13-15H,4-12H2,1-3H3. The minimum Gasteiger partial charge on any atom is -0.0651 e. The second kappa shape index (κ2) is 5.10. The molecule has 0 heterocycles. The largest absolute Gasteiger partial charge is 0.0651 e. The quantitative estimate of drug-likeness (QED) is 0.526.